The number of carbonyl (C=O) groups is 1. The van der Waals surface area contributed by atoms with E-state index in [1.54, 1.807) is 0 Å². The Morgan fingerprint density at radius 1 is 1.40 bits per heavy atom. The maximum Gasteiger partial charge on any atom is 0.221 e. The fourth-order valence-electron chi connectivity index (χ4n) is 0.356. The minimum atomic E-state index is -0.320. The van der Waals surface area contributed by atoms with Gasteiger partial charge in [0.1, 0.15) is 0 Å². The normalized spacial score (nSPS) is 10.0. The third-order valence-electron chi connectivity index (χ3n) is 0.719. The molecule has 54 valence electrons. The number of hydrogen-bond donors (Lipinski definition) is 0. The number of carbonyl (C=O) groups excluding carboxylic acids is 1. The van der Waals surface area contributed by atoms with E-state index < -0.39 is 0 Å². The lowest BCUT2D eigenvalue weighted by molar-refractivity contribution is 0.265. The predicted octanol–water partition coefficient (Wildman–Crippen LogP) is 0.348. The number of hydrogen-bond acceptors (Lipinski definition) is 4. The zero-order valence-electron chi connectivity index (χ0n) is 5.78. The van der Waals surface area contributed by atoms with Gasteiger partial charge in [0.2, 0.25) is 13.7 Å². The fourth-order valence-corrected chi connectivity index (χ4v) is 0.356. The second-order valence-corrected chi connectivity index (χ2v) is 1.69. The minimum absolute atomic E-state index is 0.233. The molecule has 0 atom stereocenters. The summed E-state index contributed by atoms with van der Waals surface area (Å²) in [5.74, 6) is -0.320. The zero-order valence-corrected chi connectivity index (χ0v) is 5.78. The molecule has 0 fully saturated rings. The summed E-state index contributed by atoms with van der Waals surface area (Å²) in [5.41, 5.74) is 0. The van der Waals surface area contributed by atoms with E-state index in [9.17, 15) is 9.70 Å². The summed E-state index contributed by atoms with van der Waals surface area (Å²) in [4.78, 5) is 19.6. The van der Waals surface area contributed by atoms with Gasteiger partial charge in [0.05, 0.1) is 13.1 Å². The Labute approximate surface area is 59.3 Å². The number of azo groups is 1. The number of nitrogens with zero attached hydrogens (tertiary/aromatic N) is 3. The number of rotatable bonds is 4. The largest absolute Gasteiger partial charge is 0.284 e. The quantitative estimate of drug-likeness (QED) is 0.245. The molecule has 0 aromatic rings. The Bertz CT molecular complexity index is 147. The van der Waals surface area contributed by atoms with Gasteiger partial charge in [0.15, 0.2) is 0 Å². The van der Waals surface area contributed by atoms with Gasteiger partial charge in [-0.3, -0.25) is 4.79 Å². The molecule has 1 amide bonds. The van der Waals surface area contributed by atoms with Crippen molar-refractivity contribution in [1.29, 1.82) is 0 Å². The molecule has 0 N–H and O–H groups in total. The van der Waals surface area contributed by atoms with Crippen molar-refractivity contribution in [2.45, 2.75) is 6.42 Å². The third-order valence-corrected chi connectivity index (χ3v) is 0.719. The number of nitroso groups, excluding NO2 is 1. The first kappa shape index (κ1) is 8.93. The van der Waals surface area contributed by atoms with Gasteiger partial charge in [0.25, 0.3) is 0 Å². The number of amides is 1. The van der Waals surface area contributed by atoms with Gasteiger partial charge in [-0.2, -0.15) is 10.0 Å². The van der Waals surface area contributed by atoms with E-state index >= 15 is 0 Å². The van der Waals surface area contributed by atoms with Crippen molar-refractivity contribution in [3.05, 3.63) is 4.91 Å². The van der Waals surface area contributed by atoms with Crippen LogP contribution < -0.4 is 0 Å². The van der Waals surface area contributed by atoms with Crippen molar-refractivity contribution in [3.8, 4) is 0 Å². The summed E-state index contributed by atoms with van der Waals surface area (Å²) in [5, 5.41) is 9.34. The van der Waals surface area contributed by atoms with Crippen LogP contribution in [0.1, 0.15) is 6.42 Å². The molecule has 0 spiro atoms. The smallest absolute Gasteiger partial charge is 0.221 e. The average Bonchev–Trinajstić information content (AvgIpc) is 1.87. The highest BCUT2D eigenvalue weighted by atomic mass is 16.3. The van der Waals surface area contributed by atoms with E-state index in [0.717, 1.165) is 0 Å². The molecule has 0 saturated carbocycles. The second kappa shape index (κ2) is 6.06. The van der Waals surface area contributed by atoms with Gasteiger partial charge < -0.3 is 0 Å². The average molecular weight is 141 g/mol. The van der Waals surface area contributed by atoms with Gasteiger partial charge in [-0.05, 0) is 6.42 Å². The molecule has 5 nitrogen and oxygen atoms in total. The molecule has 0 aromatic heterocycles. The van der Waals surface area contributed by atoms with E-state index in [2.05, 4.69) is 15.4 Å². The van der Waals surface area contributed by atoms with Crippen molar-refractivity contribution < 1.29 is 4.79 Å². The summed E-state index contributed by atoms with van der Waals surface area (Å²) in [6.45, 7) is 0.627. The maximum absolute atomic E-state index is 10.1. The fraction of sp³-hybridized carbons (Fsp3) is 0.750. The molecule has 0 heterocycles. The molecule has 10 heavy (non-hydrogen) atoms. The van der Waals surface area contributed by atoms with E-state index in [1.807, 2.05) is 0 Å². The van der Waals surface area contributed by atoms with Crippen molar-refractivity contribution in [2.24, 2.45) is 15.4 Å². The Kier molecular flexibility index (Phi) is 5.42. The maximum atomic E-state index is 10.1. The Hall–Kier alpha value is -1.07. The van der Waals surface area contributed by atoms with E-state index in [0.29, 0.717) is 13.0 Å². The van der Waals surface area contributed by atoms with Crippen LogP contribution >= 0.6 is 0 Å². The van der Waals surface area contributed by atoms with Gasteiger partial charge in [0, 0.05) is 0 Å². The van der Waals surface area contributed by atoms with Gasteiger partial charge in [-0.15, -0.1) is 5.11 Å². The highest BCUT2D eigenvalue weighted by molar-refractivity contribution is 6.57. The van der Waals surface area contributed by atoms with Gasteiger partial charge in [-0.25, -0.2) is 0 Å². The van der Waals surface area contributed by atoms with Crippen molar-refractivity contribution >= 4 is 13.7 Å². The lowest BCUT2D eigenvalue weighted by Gasteiger charge is -1.83. The first-order valence-electron chi connectivity index (χ1n) is 2.94. The molecule has 6 heteroatoms. The van der Waals surface area contributed by atoms with Crippen LogP contribution in [0.15, 0.2) is 15.4 Å². The van der Waals surface area contributed by atoms with Crippen LogP contribution in [0.5, 0.6) is 0 Å². The Balaban J connectivity index is 3.18. The molecular formula is C4H8BN3O2. The lowest BCUT2D eigenvalue weighted by Crippen LogP contribution is -1.87. The van der Waals surface area contributed by atoms with Crippen LogP contribution in [0, 0.1) is 4.91 Å². The molecule has 0 bridgehead atoms. The van der Waals surface area contributed by atoms with E-state index in [-0.39, 0.29) is 12.4 Å². The molecule has 0 radical (unpaired) electrons. The molecule has 0 unspecified atom stereocenters. The highest BCUT2D eigenvalue weighted by Gasteiger charge is 1.85. The first-order valence-corrected chi connectivity index (χ1v) is 2.94. The lowest BCUT2D eigenvalue weighted by atomic mass is 10.1. The van der Waals surface area contributed by atoms with Gasteiger partial charge >= 0.3 is 0 Å². The van der Waals surface area contributed by atoms with Gasteiger partial charge in [-0.1, -0.05) is 5.18 Å². The zero-order chi connectivity index (χ0) is 7.82. The van der Waals surface area contributed by atoms with Crippen molar-refractivity contribution in [3.63, 3.8) is 0 Å². The standard InChI is InChI=1S/C4H8BN3O2/c5-4(9)8-6-2-1-3-7-10/h1-3,5H2. The molecule has 0 aliphatic rings. The van der Waals surface area contributed by atoms with Crippen LogP contribution in [0.25, 0.3) is 0 Å². The SMILES string of the molecule is BC(=O)N=NCCCN=O. The molecular weight excluding hydrogens is 133 g/mol. The predicted molar refractivity (Wildman–Crippen MR) is 38.9 cm³/mol. The van der Waals surface area contributed by atoms with Crippen LogP contribution in [0.4, 0.5) is 4.79 Å². The molecule has 0 aliphatic heterocycles. The highest BCUT2D eigenvalue weighted by Crippen LogP contribution is 1.83. The molecule has 0 rings (SSSR count). The summed E-state index contributed by atoms with van der Waals surface area (Å²) in [6.07, 6.45) is 0.556. The van der Waals surface area contributed by atoms with Crippen LogP contribution in [-0.4, -0.2) is 26.7 Å². The van der Waals surface area contributed by atoms with Crippen LogP contribution in [-0.2, 0) is 0 Å². The molecule has 0 aliphatic carbocycles. The Morgan fingerprint density at radius 2 is 2.10 bits per heavy atom. The monoisotopic (exact) mass is 141 g/mol. The summed E-state index contributed by atoms with van der Waals surface area (Å²) >= 11 is 0. The first-order chi connectivity index (χ1) is 4.77. The summed E-state index contributed by atoms with van der Waals surface area (Å²) < 4.78 is 0. The minimum Gasteiger partial charge on any atom is -0.284 e. The van der Waals surface area contributed by atoms with Crippen LogP contribution in [0.3, 0.4) is 0 Å². The topological polar surface area (TPSA) is 71.2 Å². The van der Waals surface area contributed by atoms with Crippen molar-refractivity contribution in [2.75, 3.05) is 13.1 Å². The Morgan fingerprint density at radius 3 is 2.60 bits per heavy atom. The van der Waals surface area contributed by atoms with Crippen molar-refractivity contribution in [1.82, 2.24) is 0 Å². The van der Waals surface area contributed by atoms with Crippen LogP contribution in [0.2, 0.25) is 0 Å². The molecule has 0 aromatic carbocycles. The third kappa shape index (κ3) is 6.93. The second-order valence-electron chi connectivity index (χ2n) is 1.69. The van der Waals surface area contributed by atoms with E-state index in [4.69, 9.17) is 0 Å². The van der Waals surface area contributed by atoms with E-state index in [1.165, 1.54) is 7.85 Å². The molecule has 0 saturated heterocycles. The summed E-state index contributed by atoms with van der Waals surface area (Å²) in [6, 6.07) is 0. The summed E-state index contributed by atoms with van der Waals surface area (Å²) in [7, 11) is 1.32.